The number of aryl methyl sites for hydroxylation is 1. The topological polar surface area (TPSA) is 83.2 Å². The second kappa shape index (κ2) is 5.19. The van der Waals surface area contributed by atoms with Crippen molar-refractivity contribution in [3.05, 3.63) is 53.3 Å². The number of hydrogen-bond donors (Lipinski definition) is 1. The summed E-state index contributed by atoms with van der Waals surface area (Å²) in [6.07, 6.45) is 2.85. The van der Waals surface area contributed by atoms with Crippen LogP contribution in [0.5, 0.6) is 11.5 Å². The van der Waals surface area contributed by atoms with Gasteiger partial charge < -0.3 is 9.84 Å². The van der Waals surface area contributed by atoms with Crippen molar-refractivity contribution in [3.8, 4) is 17.6 Å². The van der Waals surface area contributed by atoms with E-state index in [0.29, 0.717) is 5.56 Å². The van der Waals surface area contributed by atoms with Crippen LogP contribution in [0.2, 0.25) is 0 Å². The largest absolute Gasteiger partial charge is 0.478 e. The Kier molecular flexibility index (Phi) is 3.44. The van der Waals surface area contributed by atoms with Crippen LogP contribution in [0, 0.1) is 18.3 Å². The number of benzene rings is 1. The predicted octanol–water partition coefficient (Wildman–Crippen LogP) is 2.75. The van der Waals surface area contributed by atoms with Crippen LogP contribution in [0.1, 0.15) is 21.5 Å². The van der Waals surface area contributed by atoms with Gasteiger partial charge in [0.15, 0.2) is 5.75 Å². The third-order valence-electron chi connectivity index (χ3n) is 2.49. The SMILES string of the molecule is Cc1ccc(Oc2cnccc2C#N)c(C(=O)O)c1. The van der Waals surface area contributed by atoms with E-state index >= 15 is 0 Å². The average Bonchev–Trinajstić information content (AvgIpc) is 2.41. The van der Waals surface area contributed by atoms with Gasteiger partial charge in [-0.15, -0.1) is 0 Å². The molecule has 1 aromatic heterocycles. The van der Waals surface area contributed by atoms with Gasteiger partial charge in [-0.1, -0.05) is 11.6 Å². The van der Waals surface area contributed by atoms with Gasteiger partial charge in [0.05, 0.1) is 11.8 Å². The molecule has 0 radical (unpaired) electrons. The fraction of sp³-hybridized carbons (Fsp3) is 0.0714. The van der Waals surface area contributed by atoms with Crippen LogP contribution in [0.25, 0.3) is 0 Å². The first-order chi connectivity index (χ1) is 9.11. The minimum atomic E-state index is -1.08. The third kappa shape index (κ3) is 2.69. The molecule has 0 aliphatic heterocycles. The second-order valence-electron chi connectivity index (χ2n) is 3.89. The highest BCUT2D eigenvalue weighted by molar-refractivity contribution is 5.91. The first kappa shape index (κ1) is 12.6. The molecule has 94 valence electrons. The van der Waals surface area contributed by atoms with Crippen LogP contribution in [0.15, 0.2) is 36.7 Å². The minimum Gasteiger partial charge on any atom is -0.478 e. The Labute approximate surface area is 109 Å². The highest BCUT2D eigenvalue weighted by Crippen LogP contribution is 2.27. The molecule has 5 heteroatoms. The Morgan fingerprint density at radius 1 is 1.37 bits per heavy atom. The maximum atomic E-state index is 11.2. The van der Waals surface area contributed by atoms with Crippen LogP contribution < -0.4 is 4.74 Å². The lowest BCUT2D eigenvalue weighted by Gasteiger charge is -2.10. The summed E-state index contributed by atoms with van der Waals surface area (Å²) in [7, 11) is 0. The Hall–Kier alpha value is -2.87. The number of carbonyl (C=O) groups is 1. The maximum Gasteiger partial charge on any atom is 0.339 e. The molecule has 19 heavy (non-hydrogen) atoms. The average molecular weight is 254 g/mol. The van der Waals surface area contributed by atoms with E-state index in [1.807, 2.05) is 6.07 Å². The van der Waals surface area contributed by atoms with Gasteiger partial charge in [0.25, 0.3) is 0 Å². The molecule has 0 fully saturated rings. The Balaban J connectivity index is 2.44. The number of aromatic carboxylic acids is 1. The van der Waals surface area contributed by atoms with Crippen molar-refractivity contribution in [1.29, 1.82) is 5.26 Å². The van der Waals surface area contributed by atoms with Gasteiger partial charge in [0.1, 0.15) is 17.4 Å². The Bertz CT molecular complexity index is 675. The molecular formula is C14H10N2O3. The summed E-state index contributed by atoms with van der Waals surface area (Å²) in [6, 6.07) is 8.28. The van der Waals surface area contributed by atoms with Gasteiger partial charge in [0.2, 0.25) is 0 Å². The van der Waals surface area contributed by atoms with Gasteiger partial charge in [-0.3, -0.25) is 4.98 Å². The van der Waals surface area contributed by atoms with E-state index in [1.54, 1.807) is 19.1 Å². The van der Waals surface area contributed by atoms with Crippen molar-refractivity contribution >= 4 is 5.97 Å². The molecule has 0 atom stereocenters. The molecule has 2 aromatic rings. The highest BCUT2D eigenvalue weighted by Gasteiger charge is 2.13. The Morgan fingerprint density at radius 2 is 2.16 bits per heavy atom. The van der Waals surface area contributed by atoms with E-state index in [-0.39, 0.29) is 17.1 Å². The molecule has 1 heterocycles. The number of aromatic nitrogens is 1. The monoisotopic (exact) mass is 254 g/mol. The smallest absolute Gasteiger partial charge is 0.339 e. The summed E-state index contributed by atoms with van der Waals surface area (Å²) in [4.78, 5) is 15.0. The van der Waals surface area contributed by atoms with Crippen molar-refractivity contribution in [1.82, 2.24) is 4.98 Å². The first-order valence-corrected chi connectivity index (χ1v) is 5.47. The molecule has 0 amide bonds. The summed E-state index contributed by atoms with van der Waals surface area (Å²) < 4.78 is 5.48. The molecule has 0 spiro atoms. The molecule has 0 aliphatic carbocycles. The fourth-order valence-corrected chi connectivity index (χ4v) is 1.57. The number of carboxylic acids is 1. The highest BCUT2D eigenvalue weighted by atomic mass is 16.5. The number of nitrogens with zero attached hydrogens (tertiary/aromatic N) is 2. The third-order valence-corrected chi connectivity index (χ3v) is 2.49. The maximum absolute atomic E-state index is 11.2. The quantitative estimate of drug-likeness (QED) is 0.910. The molecule has 5 nitrogen and oxygen atoms in total. The van der Waals surface area contributed by atoms with E-state index in [1.165, 1.54) is 24.5 Å². The molecule has 0 saturated heterocycles. The van der Waals surface area contributed by atoms with Gasteiger partial charge in [-0.05, 0) is 25.1 Å². The standard InChI is InChI=1S/C14H10N2O3/c1-9-2-3-12(11(6-9)14(17)18)19-13-8-16-5-4-10(13)7-15/h2-6,8H,1H3,(H,17,18). The lowest BCUT2D eigenvalue weighted by molar-refractivity contribution is 0.0694. The van der Waals surface area contributed by atoms with E-state index in [9.17, 15) is 4.79 Å². The number of ether oxygens (including phenoxy) is 1. The summed E-state index contributed by atoms with van der Waals surface area (Å²) in [6.45, 7) is 1.79. The summed E-state index contributed by atoms with van der Waals surface area (Å²) in [5, 5.41) is 18.1. The molecule has 1 aromatic carbocycles. The van der Waals surface area contributed by atoms with E-state index < -0.39 is 5.97 Å². The lowest BCUT2D eigenvalue weighted by atomic mass is 10.1. The lowest BCUT2D eigenvalue weighted by Crippen LogP contribution is -2.01. The van der Waals surface area contributed by atoms with Crippen LogP contribution in [-0.2, 0) is 0 Å². The van der Waals surface area contributed by atoms with Crippen LogP contribution in [0.4, 0.5) is 0 Å². The number of nitriles is 1. The van der Waals surface area contributed by atoms with Crippen molar-refractivity contribution in [2.24, 2.45) is 0 Å². The fourth-order valence-electron chi connectivity index (χ4n) is 1.57. The van der Waals surface area contributed by atoms with Gasteiger partial charge >= 0.3 is 5.97 Å². The van der Waals surface area contributed by atoms with Gasteiger partial charge in [-0.2, -0.15) is 5.26 Å². The van der Waals surface area contributed by atoms with Crippen molar-refractivity contribution in [2.75, 3.05) is 0 Å². The zero-order valence-corrected chi connectivity index (χ0v) is 10.1. The molecule has 0 bridgehead atoms. The van der Waals surface area contributed by atoms with E-state index in [0.717, 1.165) is 5.56 Å². The van der Waals surface area contributed by atoms with Crippen molar-refractivity contribution in [2.45, 2.75) is 6.92 Å². The van der Waals surface area contributed by atoms with E-state index in [4.69, 9.17) is 15.1 Å². The van der Waals surface area contributed by atoms with Crippen LogP contribution in [0.3, 0.4) is 0 Å². The molecule has 0 unspecified atom stereocenters. The van der Waals surface area contributed by atoms with Crippen molar-refractivity contribution < 1.29 is 14.6 Å². The number of hydrogen-bond acceptors (Lipinski definition) is 4. The minimum absolute atomic E-state index is 0.0488. The molecule has 2 rings (SSSR count). The summed E-state index contributed by atoms with van der Waals surface area (Å²) in [5.41, 5.74) is 1.16. The van der Waals surface area contributed by atoms with Crippen LogP contribution >= 0.6 is 0 Å². The predicted molar refractivity (Wildman–Crippen MR) is 67.2 cm³/mol. The number of pyridine rings is 1. The molecule has 1 N–H and O–H groups in total. The molecular weight excluding hydrogens is 244 g/mol. The zero-order valence-electron chi connectivity index (χ0n) is 10.1. The zero-order chi connectivity index (χ0) is 13.8. The molecule has 0 saturated carbocycles. The van der Waals surface area contributed by atoms with E-state index in [2.05, 4.69) is 4.98 Å². The second-order valence-corrected chi connectivity index (χ2v) is 3.89. The number of carboxylic acid groups (broad SMARTS) is 1. The number of rotatable bonds is 3. The van der Waals surface area contributed by atoms with Crippen LogP contribution in [-0.4, -0.2) is 16.1 Å². The Morgan fingerprint density at radius 3 is 2.84 bits per heavy atom. The van der Waals surface area contributed by atoms with Gasteiger partial charge in [0, 0.05) is 6.20 Å². The van der Waals surface area contributed by atoms with Crippen molar-refractivity contribution in [3.63, 3.8) is 0 Å². The molecule has 0 aliphatic rings. The van der Waals surface area contributed by atoms with Gasteiger partial charge in [-0.25, -0.2) is 4.79 Å². The first-order valence-electron chi connectivity index (χ1n) is 5.47. The summed E-state index contributed by atoms with van der Waals surface area (Å²) >= 11 is 0. The summed E-state index contributed by atoms with van der Waals surface area (Å²) in [5.74, 6) is -0.667. The normalized spacial score (nSPS) is 9.68.